The van der Waals surface area contributed by atoms with E-state index >= 15 is 0 Å². The summed E-state index contributed by atoms with van der Waals surface area (Å²) in [6.45, 7) is 4.69. The minimum Gasteiger partial charge on any atom is -0.469 e. The molecular weight excluding hydrogens is 428 g/mol. The molecule has 3 fully saturated rings. The van der Waals surface area contributed by atoms with E-state index in [4.69, 9.17) is 18.9 Å². The highest BCUT2D eigenvalue weighted by Crippen LogP contribution is 2.40. The molecule has 0 amide bonds. The van der Waals surface area contributed by atoms with Crippen molar-refractivity contribution >= 4 is 21.9 Å². The molecule has 4 heterocycles. The second-order valence-electron chi connectivity index (χ2n) is 8.30. The Morgan fingerprint density at radius 2 is 2.06 bits per heavy atom. The molecule has 31 heavy (non-hydrogen) atoms. The third kappa shape index (κ3) is 4.76. The number of esters is 1. The Balaban J connectivity index is 1.35. The highest BCUT2D eigenvalue weighted by Gasteiger charge is 2.59. The van der Waals surface area contributed by atoms with Gasteiger partial charge in [-0.1, -0.05) is 0 Å². The van der Waals surface area contributed by atoms with Gasteiger partial charge in [-0.3, -0.25) is 4.79 Å². The standard InChI is InChI=1S/C19H28N4O7S/c1-12(24)29-15-11-27-17-14(10-28-19(15,17)2)30-16-4-7-20-18(22-16)21-13-5-8-23(9-6-13)31(3,25)26/h4,7,13-15,17H,5-6,8-11H2,1-3H3,(H,20,21,22)/t14-,15-,17+,19+/m0/s1. The molecule has 0 saturated carbocycles. The van der Waals surface area contributed by atoms with E-state index in [1.165, 1.54) is 17.5 Å². The van der Waals surface area contributed by atoms with Crippen LogP contribution in [0.25, 0.3) is 0 Å². The molecule has 3 aliphatic heterocycles. The fourth-order valence-corrected chi connectivity index (χ4v) is 5.17. The zero-order valence-electron chi connectivity index (χ0n) is 17.8. The van der Waals surface area contributed by atoms with Gasteiger partial charge in [-0.25, -0.2) is 17.7 Å². The molecule has 3 saturated heterocycles. The van der Waals surface area contributed by atoms with Crippen molar-refractivity contribution in [2.45, 2.75) is 56.6 Å². The van der Waals surface area contributed by atoms with Crippen molar-refractivity contribution in [3.8, 4) is 5.88 Å². The lowest BCUT2D eigenvalue weighted by Crippen LogP contribution is -2.46. The minimum atomic E-state index is -3.16. The van der Waals surface area contributed by atoms with E-state index in [1.807, 2.05) is 6.92 Å². The fraction of sp³-hybridized carbons (Fsp3) is 0.737. The lowest BCUT2D eigenvalue weighted by Gasteiger charge is -2.30. The van der Waals surface area contributed by atoms with Crippen LogP contribution in [0.4, 0.5) is 5.95 Å². The average Bonchev–Trinajstić information content (AvgIpc) is 3.18. The normalized spacial score (nSPS) is 31.9. The van der Waals surface area contributed by atoms with Gasteiger partial charge in [0.2, 0.25) is 21.9 Å². The average molecular weight is 457 g/mol. The van der Waals surface area contributed by atoms with E-state index in [0.29, 0.717) is 37.8 Å². The van der Waals surface area contributed by atoms with Crippen LogP contribution >= 0.6 is 0 Å². The van der Waals surface area contributed by atoms with Gasteiger partial charge in [0, 0.05) is 38.3 Å². The summed E-state index contributed by atoms with van der Waals surface area (Å²) < 4.78 is 47.9. The van der Waals surface area contributed by atoms with Crippen molar-refractivity contribution in [2.75, 3.05) is 37.9 Å². The molecule has 0 unspecified atom stereocenters. The zero-order valence-corrected chi connectivity index (χ0v) is 18.6. The summed E-state index contributed by atoms with van der Waals surface area (Å²) in [6, 6.07) is 1.74. The number of carbonyl (C=O) groups is 1. The molecule has 11 nitrogen and oxygen atoms in total. The van der Waals surface area contributed by atoms with Crippen LogP contribution in [0.1, 0.15) is 26.7 Å². The van der Waals surface area contributed by atoms with Crippen molar-refractivity contribution in [1.82, 2.24) is 14.3 Å². The quantitative estimate of drug-likeness (QED) is 0.592. The van der Waals surface area contributed by atoms with Gasteiger partial charge in [-0.15, -0.1) is 0 Å². The summed E-state index contributed by atoms with van der Waals surface area (Å²) in [7, 11) is -3.16. The van der Waals surface area contributed by atoms with Crippen molar-refractivity contribution < 1.29 is 32.2 Å². The van der Waals surface area contributed by atoms with Gasteiger partial charge in [0.15, 0.2) is 12.2 Å². The smallest absolute Gasteiger partial charge is 0.303 e. The summed E-state index contributed by atoms with van der Waals surface area (Å²) in [5.41, 5.74) is -0.766. The molecule has 0 radical (unpaired) electrons. The van der Waals surface area contributed by atoms with Crippen molar-refractivity contribution in [3.63, 3.8) is 0 Å². The molecule has 0 bridgehead atoms. The van der Waals surface area contributed by atoms with Crippen LogP contribution in [-0.2, 0) is 29.0 Å². The Bertz CT molecular complexity index is 922. The third-order valence-electron chi connectivity index (χ3n) is 5.99. The van der Waals surface area contributed by atoms with Crippen LogP contribution < -0.4 is 10.1 Å². The van der Waals surface area contributed by atoms with Gasteiger partial charge in [0.1, 0.15) is 11.7 Å². The van der Waals surface area contributed by atoms with Crippen molar-refractivity contribution in [2.24, 2.45) is 0 Å². The van der Waals surface area contributed by atoms with Crippen molar-refractivity contribution in [1.29, 1.82) is 0 Å². The summed E-state index contributed by atoms with van der Waals surface area (Å²) in [4.78, 5) is 20.0. The topological polar surface area (TPSA) is 129 Å². The molecular formula is C19H28N4O7S. The first-order valence-electron chi connectivity index (χ1n) is 10.3. The van der Waals surface area contributed by atoms with E-state index < -0.39 is 27.8 Å². The second-order valence-corrected chi connectivity index (χ2v) is 10.3. The van der Waals surface area contributed by atoms with Crippen LogP contribution in [0.3, 0.4) is 0 Å². The lowest BCUT2D eigenvalue weighted by atomic mass is 9.94. The SMILES string of the molecule is CC(=O)O[C@H]1CO[C@@H]2[C@@H](Oc3ccnc(NC4CCN(S(C)(=O)=O)CC4)n3)CO[C@]12C. The van der Waals surface area contributed by atoms with E-state index in [0.717, 1.165) is 0 Å². The Kier molecular flexibility index (Phi) is 6.08. The van der Waals surface area contributed by atoms with Crippen LogP contribution in [0.5, 0.6) is 5.88 Å². The predicted molar refractivity (Wildman–Crippen MR) is 109 cm³/mol. The van der Waals surface area contributed by atoms with Crippen molar-refractivity contribution in [3.05, 3.63) is 12.3 Å². The lowest BCUT2D eigenvalue weighted by molar-refractivity contribution is -0.157. The number of aromatic nitrogens is 2. The summed E-state index contributed by atoms with van der Waals surface area (Å²) in [6.07, 6.45) is 2.90. The first kappa shape index (κ1) is 22.2. The van der Waals surface area contributed by atoms with E-state index in [2.05, 4.69) is 15.3 Å². The highest BCUT2D eigenvalue weighted by atomic mass is 32.2. The number of nitrogens with zero attached hydrogens (tertiary/aromatic N) is 3. The Labute approximate surface area is 181 Å². The molecule has 0 aromatic carbocycles. The molecule has 3 aliphatic rings. The van der Waals surface area contributed by atoms with E-state index in [1.54, 1.807) is 12.3 Å². The number of sulfonamides is 1. The Morgan fingerprint density at radius 3 is 2.74 bits per heavy atom. The molecule has 12 heteroatoms. The number of fused-ring (bicyclic) bond motifs is 1. The van der Waals surface area contributed by atoms with E-state index in [-0.39, 0.29) is 31.3 Å². The highest BCUT2D eigenvalue weighted by molar-refractivity contribution is 7.88. The van der Waals surface area contributed by atoms with Crippen LogP contribution in [0.15, 0.2) is 12.3 Å². The first-order chi connectivity index (χ1) is 14.6. The number of piperidine rings is 1. The first-order valence-corrected chi connectivity index (χ1v) is 12.1. The monoisotopic (exact) mass is 456 g/mol. The largest absolute Gasteiger partial charge is 0.469 e. The molecule has 0 aliphatic carbocycles. The van der Waals surface area contributed by atoms with Crippen LogP contribution in [0.2, 0.25) is 0 Å². The molecule has 1 aromatic rings. The molecule has 4 rings (SSSR count). The van der Waals surface area contributed by atoms with Gasteiger partial charge in [0.05, 0.1) is 19.5 Å². The van der Waals surface area contributed by atoms with Gasteiger partial charge in [-0.05, 0) is 19.8 Å². The molecule has 1 aromatic heterocycles. The summed E-state index contributed by atoms with van der Waals surface area (Å²) >= 11 is 0. The van der Waals surface area contributed by atoms with Gasteiger partial charge in [0.25, 0.3) is 0 Å². The number of hydrogen-bond acceptors (Lipinski definition) is 10. The number of nitrogens with one attached hydrogen (secondary N) is 1. The maximum atomic E-state index is 11.7. The Hall–Kier alpha value is -2.02. The number of ether oxygens (including phenoxy) is 4. The molecule has 172 valence electrons. The molecule has 0 spiro atoms. The number of anilines is 1. The van der Waals surface area contributed by atoms with Gasteiger partial charge >= 0.3 is 5.97 Å². The minimum absolute atomic E-state index is 0.0778. The van der Waals surface area contributed by atoms with Gasteiger partial charge in [-0.2, -0.15) is 4.98 Å². The summed E-state index contributed by atoms with van der Waals surface area (Å²) in [5, 5.41) is 3.26. The third-order valence-corrected chi connectivity index (χ3v) is 7.30. The second kappa shape index (κ2) is 8.49. The van der Waals surface area contributed by atoms with Crippen LogP contribution in [0, 0.1) is 0 Å². The zero-order chi connectivity index (χ0) is 22.2. The molecule has 1 N–H and O–H groups in total. The summed E-state index contributed by atoms with van der Waals surface area (Å²) in [5.74, 6) is 0.419. The Morgan fingerprint density at radius 1 is 1.32 bits per heavy atom. The molecule has 4 atom stereocenters. The maximum Gasteiger partial charge on any atom is 0.303 e. The van der Waals surface area contributed by atoms with E-state index in [9.17, 15) is 13.2 Å². The van der Waals surface area contributed by atoms with Crippen LogP contribution in [-0.4, -0.2) is 91.2 Å². The van der Waals surface area contributed by atoms with Gasteiger partial charge < -0.3 is 24.3 Å². The number of hydrogen-bond donors (Lipinski definition) is 1. The fourth-order valence-electron chi connectivity index (χ4n) is 4.30. The maximum absolute atomic E-state index is 11.7. The number of carbonyl (C=O) groups excluding carboxylic acids is 1. The number of rotatable bonds is 6. The predicted octanol–water partition coefficient (Wildman–Crippen LogP) is 0.179.